The van der Waals surface area contributed by atoms with Crippen molar-refractivity contribution in [1.29, 1.82) is 0 Å². The molecule has 0 aliphatic carbocycles. The maximum atomic E-state index is 4.44. The van der Waals surface area contributed by atoms with Crippen LogP contribution in [0.5, 0.6) is 0 Å². The molecule has 2 unspecified atom stereocenters. The Balaban J connectivity index is 2.07. The van der Waals surface area contributed by atoms with E-state index in [9.17, 15) is 0 Å². The normalized spacial score (nSPS) is 14.0. The molecule has 0 radical (unpaired) electrons. The van der Waals surface area contributed by atoms with Crippen LogP contribution in [0, 0.1) is 0 Å². The molecule has 2 rings (SSSR count). The number of hydrogen-bond donors (Lipinski definition) is 1. The van der Waals surface area contributed by atoms with Gasteiger partial charge < -0.3 is 9.88 Å². The van der Waals surface area contributed by atoms with E-state index in [1.165, 1.54) is 11.4 Å². The maximum absolute atomic E-state index is 4.44. The molecule has 3 heteroatoms. The van der Waals surface area contributed by atoms with E-state index in [0.29, 0.717) is 12.0 Å². The highest BCUT2D eigenvalue weighted by atomic mass is 15.0. The van der Waals surface area contributed by atoms with Crippen molar-refractivity contribution >= 4 is 0 Å². The lowest BCUT2D eigenvalue weighted by Crippen LogP contribution is -2.35. The first-order valence-corrected chi connectivity index (χ1v) is 8.00. The van der Waals surface area contributed by atoms with Crippen LogP contribution < -0.4 is 5.32 Å². The van der Waals surface area contributed by atoms with Gasteiger partial charge in [0.25, 0.3) is 0 Å². The lowest BCUT2D eigenvalue weighted by Gasteiger charge is -2.27. The number of nitrogens with one attached hydrogen (secondary N) is 1. The Labute approximate surface area is 128 Å². The van der Waals surface area contributed by atoms with Crippen molar-refractivity contribution in [3.63, 3.8) is 0 Å². The van der Waals surface area contributed by atoms with Crippen molar-refractivity contribution in [3.8, 4) is 0 Å². The molecule has 0 aliphatic heterocycles. The molecule has 1 N–H and O–H groups in total. The fourth-order valence-electron chi connectivity index (χ4n) is 3.08. The number of nitrogens with zero attached hydrogens (tertiary/aromatic N) is 2. The highest BCUT2D eigenvalue weighted by molar-refractivity contribution is 5.21. The Morgan fingerprint density at radius 3 is 2.52 bits per heavy atom. The number of likely N-dealkylation sites (N-methyl/N-ethyl adjacent to an activating group) is 1. The van der Waals surface area contributed by atoms with Gasteiger partial charge in [0.2, 0.25) is 0 Å². The number of aromatic nitrogens is 2. The molecule has 0 fully saturated rings. The molecule has 0 saturated heterocycles. The maximum Gasteiger partial charge on any atom is 0.108 e. The molecule has 1 aromatic carbocycles. The summed E-state index contributed by atoms with van der Waals surface area (Å²) in [5, 5.41) is 3.68. The Hall–Kier alpha value is -1.61. The average molecular weight is 285 g/mol. The van der Waals surface area contributed by atoms with Crippen LogP contribution in [-0.4, -0.2) is 22.1 Å². The zero-order valence-electron chi connectivity index (χ0n) is 13.4. The number of hydrogen-bond acceptors (Lipinski definition) is 2. The van der Waals surface area contributed by atoms with Crippen molar-refractivity contribution in [2.24, 2.45) is 7.05 Å². The summed E-state index contributed by atoms with van der Waals surface area (Å²) in [7, 11) is 2.07. The minimum atomic E-state index is 0.499. The van der Waals surface area contributed by atoms with Gasteiger partial charge >= 0.3 is 0 Å². The quantitative estimate of drug-likeness (QED) is 0.804. The largest absolute Gasteiger partial charge is 0.338 e. The van der Waals surface area contributed by atoms with Crippen LogP contribution in [0.4, 0.5) is 0 Å². The fraction of sp³-hybridized carbons (Fsp3) is 0.500. The van der Waals surface area contributed by atoms with E-state index in [-0.39, 0.29) is 0 Å². The summed E-state index contributed by atoms with van der Waals surface area (Å²) >= 11 is 0. The predicted octanol–water partition coefficient (Wildman–Crippen LogP) is 3.52. The van der Waals surface area contributed by atoms with Crippen molar-refractivity contribution in [3.05, 3.63) is 54.1 Å². The molecule has 2 atom stereocenters. The van der Waals surface area contributed by atoms with Crippen LogP contribution >= 0.6 is 0 Å². The molecule has 1 aromatic heterocycles. The van der Waals surface area contributed by atoms with Gasteiger partial charge in [0.1, 0.15) is 5.82 Å². The molecule has 2 aromatic rings. The minimum absolute atomic E-state index is 0.499. The van der Waals surface area contributed by atoms with E-state index >= 15 is 0 Å². The SMILES string of the molecule is CCNC(CCc1nccn1C)C(CC)c1ccccc1. The highest BCUT2D eigenvalue weighted by Gasteiger charge is 2.21. The van der Waals surface area contributed by atoms with Crippen LogP contribution in [0.15, 0.2) is 42.7 Å². The molecule has 0 amide bonds. The summed E-state index contributed by atoms with van der Waals surface area (Å²) in [4.78, 5) is 4.44. The molecule has 21 heavy (non-hydrogen) atoms. The van der Waals surface area contributed by atoms with E-state index in [1.807, 2.05) is 12.4 Å². The van der Waals surface area contributed by atoms with Crippen molar-refractivity contribution in [1.82, 2.24) is 14.9 Å². The van der Waals surface area contributed by atoms with Gasteiger partial charge in [0.05, 0.1) is 0 Å². The van der Waals surface area contributed by atoms with Gasteiger partial charge in [-0.3, -0.25) is 0 Å². The molecule has 0 spiro atoms. The Kier molecular flexibility index (Phi) is 6.00. The highest BCUT2D eigenvalue weighted by Crippen LogP contribution is 2.26. The topological polar surface area (TPSA) is 29.9 Å². The van der Waals surface area contributed by atoms with Crippen molar-refractivity contribution in [2.75, 3.05) is 6.54 Å². The summed E-state index contributed by atoms with van der Waals surface area (Å²) in [5.41, 5.74) is 1.44. The summed E-state index contributed by atoms with van der Waals surface area (Å²) in [6.45, 7) is 5.48. The van der Waals surface area contributed by atoms with Gasteiger partial charge in [-0.2, -0.15) is 0 Å². The first-order chi connectivity index (χ1) is 10.3. The van der Waals surface area contributed by atoms with E-state index in [0.717, 1.165) is 25.8 Å². The van der Waals surface area contributed by atoms with E-state index in [1.54, 1.807) is 0 Å². The summed E-state index contributed by atoms with van der Waals surface area (Å²) in [6, 6.07) is 11.4. The lowest BCUT2D eigenvalue weighted by molar-refractivity contribution is 0.403. The molecule has 3 nitrogen and oxygen atoms in total. The number of aryl methyl sites for hydroxylation is 2. The summed E-state index contributed by atoms with van der Waals surface area (Å²) in [5.74, 6) is 1.73. The Morgan fingerprint density at radius 2 is 1.95 bits per heavy atom. The second-order valence-corrected chi connectivity index (χ2v) is 5.58. The lowest BCUT2D eigenvalue weighted by atomic mass is 9.86. The predicted molar refractivity (Wildman–Crippen MR) is 88.5 cm³/mol. The van der Waals surface area contributed by atoms with Gasteiger partial charge in [-0.1, -0.05) is 44.2 Å². The second-order valence-electron chi connectivity index (χ2n) is 5.58. The summed E-state index contributed by atoms with van der Waals surface area (Å²) in [6.07, 6.45) is 7.19. The zero-order chi connectivity index (χ0) is 15.1. The van der Waals surface area contributed by atoms with Crippen molar-refractivity contribution in [2.45, 2.75) is 45.1 Å². The van der Waals surface area contributed by atoms with Gasteiger partial charge in [0.15, 0.2) is 0 Å². The van der Waals surface area contributed by atoms with Gasteiger partial charge in [0, 0.05) is 31.9 Å². The van der Waals surface area contributed by atoms with Gasteiger partial charge in [-0.25, -0.2) is 4.98 Å². The van der Waals surface area contributed by atoms with Crippen molar-refractivity contribution < 1.29 is 0 Å². The van der Waals surface area contributed by atoms with Crippen LogP contribution in [0.2, 0.25) is 0 Å². The second kappa shape index (κ2) is 7.99. The fourth-order valence-corrected chi connectivity index (χ4v) is 3.08. The number of benzene rings is 1. The monoisotopic (exact) mass is 285 g/mol. The molecular formula is C18H27N3. The van der Waals surface area contributed by atoms with Crippen LogP contribution in [0.3, 0.4) is 0 Å². The third-order valence-corrected chi connectivity index (χ3v) is 4.22. The first kappa shape index (κ1) is 15.8. The molecule has 0 bridgehead atoms. The Bertz CT molecular complexity index is 518. The Morgan fingerprint density at radius 1 is 1.19 bits per heavy atom. The smallest absolute Gasteiger partial charge is 0.108 e. The zero-order valence-corrected chi connectivity index (χ0v) is 13.4. The molecule has 114 valence electrons. The van der Waals surface area contributed by atoms with Gasteiger partial charge in [-0.05, 0) is 30.9 Å². The van der Waals surface area contributed by atoms with E-state index in [2.05, 4.69) is 66.1 Å². The average Bonchev–Trinajstić information content (AvgIpc) is 2.92. The first-order valence-electron chi connectivity index (χ1n) is 8.00. The van der Waals surface area contributed by atoms with Crippen LogP contribution in [0.25, 0.3) is 0 Å². The van der Waals surface area contributed by atoms with E-state index in [4.69, 9.17) is 0 Å². The standard InChI is InChI=1S/C18H27N3/c1-4-16(15-9-7-6-8-10-15)17(19-5-2)11-12-18-20-13-14-21(18)3/h6-10,13-14,16-17,19H,4-5,11-12H2,1-3H3. The van der Waals surface area contributed by atoms with E-state index < -0.39 is 0 Å². The molecule has 0 saturated carbocycles. The molecular weight excluding hydrogens is 258 g/mol. The number of rotatable bonds is 8. The van der Waals surface area contributed by atoms with Crippen LogP contribution in [0.1, 0.15) is 44.0 Å². The molecule has 1 heterocycles. The molecule has 0 aliphatic rings. The summed E-state index contributed by atoms with van der Waals surface area (Å²) < 4.78 is 2.12. The minimum Gasteiger partial charge on any atom is -0.338 e. The van der Waals surface area contributed by atoms with Crippen LogP contribution in [-0.2, 0) is 13.5 Å². The third kappa shape index (κ3) is 4.18. The number of imidazole rings is 1. The third-order valence-electron chi connectivity index (χ3n) is 4.22. The van der Waals surface area contributed by atoms with Gasteiger partial charge in [-0.15, -0.1) is 0 Å².